The van der Waals surface area contributed by atoms with Gasteiger partial charge in [0.05, 0.1) is 4.47 Å². The molecule has 1 N–H and O–H groups in total. The Morgan fingerprint density at radius 1 is 0.895 bits per heavy atom. The maximum absolute atomic E-state index is 13.7. The van der Waals surface area contributed by atoms with E-state index in [1.807, 2.05) is 80.6 Å². The molecule has 4 rings (SSSR count). The molecule has 0 saturated heterocycles. The maximum Gasteiger partial charge on any atom is 0.261 e. The molecule has 1 atom stereocenters. The molecule has 0 aliphatic carbocycles. The van der Waals surface area contributed by atoms with Crippen LogP contribution in [0.2, 0.25) is 0 Å². The predicted molar refractivity (Wildman–Crippen MR) is 151 cm³/mol. The number of nitrogens with zero attached hydrogens (tertiary/aromatic N) is 1. The van der Waals surface area contributed by atoms with Crippen molar-refractivity contribution in [2.24, 2.45) is 0 Å². The van der Waals surface area contributed by atoms with Gasteiger partial charge in [0.1, 0.15) is 17.6 Å². The van der Waals surface area contributed by atoms with E-state index in [4.69, 9.17) is 4.74 Å². The quantitative estimate of drug-likeness (QED) is 0.241. The molecule has 0 unspecified atom stereocenters. The van der Waals surface area contributed by atoms with Crippen LogP contribution in [0.1, 0.15) is 25.0 Å². The SMILES string of the molecule is CC(C)NC(=O)[C@@H](Cc1ccccc1)N(Cc1ccc(F)cc1)C(=O)COc1ccc2ccccc2c1Br. The summed E-state index contributed by atoms with van der Waals surface area (Å²) in [4.78, 5) is 28.6. The Hall–Kier alpha value is -3.71. The van der Waals surface area contributed by atoms with Crippen molar-refractivity contribution in [3.05, 3.63) is 112 Å². The Morgan fingerprint density at radius 2 is 1.58 bits per heavy atom. The average Bonchev–Trinajstić information content (AvgIpc) is 2.91. The van der Waals surface area contributed by atoms with Crippen molar-refractivity contribution in [3.8, 4) is 5.75 Å². The number of halogens is 2. The highest BCUT2D eigenvalue weighted by Crippen LogP contribution is 2.33. The Bertz CT molecular complexity index is 1390. The van der Waals surface area contributed by atoms with E-state index in [1.54, 1.807) is 12.1 Å². The van der Waals surface area contributed by atoms with Crippen LogP contribution in [-0.2, 0) is 22.6 Å². The Morgan fingerprint density at radius 3 is 2.29 bits per heavy atom. The van der Waals surface area contributed by atoms with E-state index in [-0.39, 0.29) is 36.8 Å². The summed E-state index contributed by atoms with van der Waals surface area (Å²) in [5, 5.41) is 4.97. The lowest BCUT2D eigenvalue weighted by molar-refractivity contribution is -0.143. The van der Waals surface area contributed by atoms with Crippen molar-refractivity contribution in [1.82, 2.24) is 10.2 Å². The van der Waals surface area contributed by atoms with E-state index < -0.39 is 6.04 Å². The van der Waals surface area contributed by atoms with Crippen LogP contribution in [0.25, 0.3) is 10.8 Å². The number of carbonyl (C=O) groups is 2. The van der Waals surface area contributed by atoms with E-state index >= 15 is 0 Å². The minimum atomic E-state index is -0.791. The van der Waals surface area contributed by atoms with E-state index in [2.05, 4.69) is 21.2 Å². The molecular weight excluding hydrogens is 547 g/mol. The van der Waals surface area contributed by atoms with Crippen LogP contribution in [0.5, 0.6) is 5.75 Å². The number of rotatable bonds is 10. The molecule has 4 aromatic carbocycles. The summed E-state index contributed by atoms with van der Waals surface area (Å²) in [5.74, 6) is -0.444. The number of fused-ring (bicyclic) bond motifs is 1. The van der Waals surface area contributed by atoms with Gasteiger partial charge >= 0.3 is 0 Å². The molecule has 0 aliphatic rings. The fraction of sp³-hybridized carbons (Fsp3) is 0.226. The maximum atomic E-state index is 13.7. The number of ether oxygens (including phenoxy) is 1. The molecule has 0 radical (unpaired) electrons. The average molecular weight is 577 g/mol. The van der Waals surface area contributed by atoms with Gasteiger partial charge in [-0.25, -0.2) is 4.39 Å². The number of amides is 2. The third kappa shape index (κ3) is 6.98. The first kappa shape index (κ1) is 27.3. The largest absolute Gasteiger partial charge is 0.483 e. The van der Waals surface area contributed by atoms with Crippen molar-refractivity contribution in [1.29, 1.82) is 0 Å². The van der Waals surface area contributed by atoms with Gasteiger partial charge in [-0.15, -0.1) is 0 Å². The summed E-state index contributed by atoms with van der Waals surface area (Å²) >= 11 is 3.60. The monoisotopic (exact) mass is 576 g/mol. The molecule has 38 heavy (non-hydrogen) atoms. The van der Waals surface area contributed by atoms with Gasteiger partial charge in [0, 0.05) is 19.0 Å². The molecule has 0 aliphatic heterocycles. The van der Waals surface area contributed by atoms with Gasteiger partial charge in [-0.1, -0.05) is 72.8 Å². The molecule has 0 bridgehead atoms. The lowest BCUT2D eigenvalue weighted by Crippen LogP contribution is -2.52. The highest BCUT2D eigenvalue weighted by atomic mass is 79.9. The zero-order chi connectivity index (χ0) is 27.1. The fourth-order valence-electron chi connectivity index (χ4n) is 4.27. The minimum absolute atomic E-state index is 0.103. The fourth-order valence-corrected chi connectivity index (χ4v) is 4.88. The number of carbonyl (C=O) groups excluding carboxylic acids is 2. The van der Waals surface area contributed by atoms with Crippen LogP contribution < -0.4 is 10.1 Å². The van der Waals surface area contributed by atoms with Crippen molar-refractivity contribution in [3.63, 3.8) is 0 Å². The molecular formula is C31H30BrFN2O3. The highest BCUT2D eigenvalue weighted by Gasteiger charge is 2.31. The summed E-state index contributed by atoms with van der Waals surface area (Å²) in [6.45, 7) is 3.62. The number of benzene rings is 4. The first-order valence-electron chi connectivity index (χ1n) is 12.5. The van der Waals surface area contributed by atoms with Crippen LogP contribution in [0.15, 0.2) is 95.5 Å². The first-order valence-corrected chi connectivity index (χ1v) is 13.3. The number of nitrogens with one attached hydrogen (secondary N) is 1. The first-order chi connectivity index (χ1) is 18.3. The van der Waals surface area contributed by atoms with Crippen LogP contribution in [0.3, 0.4) is 0 Å². The van der Waals surface area contributed by atoms with Crippen LogP contribution in [-0.4, -0.2) is 35.4 Å². The highest BCUT2D eigenvalue weighted by molar-refractivity contribution is 9.10. The van der Waals surface area contributed by atoms with Crippen molar-refractivity contribution in [2.75, 3.05) is 6.61 Å². The minimum Gasteiger partial charge on any atom is -0.483 e. The van der Waals surface area contributed by atoms with Crippen LogP contribution >= 0.6 is 15.9 Å². The van der Waals surface area contributed by atoms with Crippen molar-refractivity contribution >= 4 is 38.5 Å². The van der Waals surface area contributed by atoms with E-state index in [0.717, 1.165) is 20.8 Å². The van der Waals surface area contributed by atoms with Gasteiger partial charge in [0.15, 0.2) is 6.61 Å². The summed E-state index contributed by atoms with van der Waals surface area (Å²) in [7, 11) is 0. The molecule has 196 valence electrons. The van der Waals surface area contributed by atoms with Gasteiger partial charge in [-0.05, 0) is 69.9 Å². The van der Waals surface area contributed by atoms with Crippen molar-refractivity contribution in [2.45, 2.75) is 38.9 Å². The van der Waals surface area contributed by atoms with Gasteiger partial charge in [0.2, 0.25) is 5.91 Å². The van der Waals surface area contributed by atoms with Gasteiger partial charge in [-0.2, -0.15) is 0 Å². The second-order valence-corrected chi connectivity index (χ2v) is 10.2. The molecule has 0 spiro atoms. The molecule has 0 fully saturated rings. The van der Waals surface area contributed by atoms with Gasteiger partial charge < -0.3 is 15.0 Å². The summed E-state index contributed by atoms with van der Waals surface area (Å²) in [5.41, 5.74) is 1.63. The van der Waals surface area contributed by atoms with E-state index in [0.29, 0.717) is 17.7 Å². The van der Waals surface area contributed by atoms with E-state index in [9.17, 15) is 14.0 Å². The zero-order valence-electron chi connectivity index (χ0n) is 21.4. The molecule has 0 heterocycles. The summed E-state index contributed by atoms with van der Waals surface area (Å²) in [6, 6.07) is 26.2. The molecule has 2 amide bonds. The third-order valence-corrected chi connectivity index (χ3v) is 6.97. The molecule has 0 aromatic heterocycles. The number of hydrogen-bond donors (Lipinski definition) is 1. The lowest BCUT2D eigenvalue weighted by atomic mass is 10.0. The topological polar surface area (TPSA) is 58.6 Å². The Balaban J connectivity index is 1.63. The van der Waals surface area contributed by atoms with Crippen molar-refractivity contribution < 1.29 is 18.7 Å². The zero-order valence-corrected chi connectivity index (χ0v) is 23.0. The molecule has 0 saturated carbocycles. The number of hydrogen-bond acceptors (Lipinski definition) is 3. The smallest absolute Gasteiger partial charge is 0.261 e. The standard InChI is InChI=1S/C31H30BrFN2O3/c1-21(2)34-31(37)27(18-22-8-4-3-5-9-22)35(19-23-12-15-25(33)16-13-23)29(36)20-38-28-17-14-24-10-6-7-11-26(24)30(28)32/h3-17,21,27H,18-20H2,1-2H3,(H,34,37)/t27-/m1/s1. The third-order valence-electron chi connectivity index (χ3n) is 6.15. The lowest BCUT2D eigenvalue weighted by Gasteiger charge is -2.32. The van der Waals surface area contributed by atoms with Gasteiger partial charge in [-0.3, -0.25) is 9.59 Å². The summed E-state index contributed by atoms with van der Waals surface area (Å²) in [6.07, 6.45) is 0.325. The Kier molecular flexibility index (Phi) is 9.13. The van der Waals surface area contributed by atoms with Gasteiger partial charge in [0.25, 0.3) is 5.91 Å². The van der Waals surface area contributed by atoms with Crippen LogP contribution in [0, 0.1) is 5.82 Å². The second-order valence-electron chi connectivity index (χ2n) is 9.40. The second kappa shape index (κ2) is 12.7. The molecule has 5 nitrogen and oxygen atoms in total. The Labute approximate surface area is 230 Å². The molecule has 7 heteroatoms. The van der Waals surface area contributed by atoms with E-state index in [1.165, 1.54) is 17.0 Å². The summed E-state index contributed by atoms with van der Waals surface area (Å²) < 4.78 is 20.3. The normalized spacial score (nSPS) is 11.8. The van der Waals surface area contributed by atoms with Crippen LogP contribution in [0.4, 0.5) is 4.39 Å². The molecule has 4 aromatic rings. The predicted octanol–water partition coefficient (Wildman–Crippen LogP) is 6.28.